The highest BCUT2D eigenvalue weighted by molar-refractivity contribution is 5.92. The van der Waals surface area contributed by atoms with E-state index in [9.17, 15) is 19.7 Å². The topological polar surface area (TPSA) is 117 Å². The maximum Gasteiger partial charge on any atom is 0.407 e. The molecule has 0 radical (unpaired) electrons. The summed E-state index contributed by atoms with van der Waals surface area (Å²) >= 11 is 0. The fourth-order valence-electron chi connectivity index (χ4n) is 5.04. The molecule has 1 unspecified atom stereocenters. The number of aryl methyl sites for hydroxylation is 1. The molecule has 0 aliphatic heterocycles. The van der Waals surface area contributed by atoms with Gasteiger partial charge in [0.2, 0.25) is 0 Å². The Bertz CT molecular complexity index is 1780. The Morgan fingerprint density at radius 1 is 1.10 bits per heavy atom. The van der Waals surface area contributed by atoms with Crippen LogP contribution in [0, 0.1) is 28.5 Å². The molecule has 0 spiro atoms. The Kier molecular flexibility index (Phi) is 7.30. The Morgan fingerprint density at radius 2 is 1.85 bits per heavy atom. The maximum absolute atomic E-state index is 14.8. The zero-order valence-corrected chi connectivity index (χ0v) is 23.3. The van der Waals surface area contributed by atoms with Crippen LogP contribution in [0.1, 0.15) is 56.9 Å². The van der Waals surface area contributed by atoms with Gasteiger partial charge < -0.3 is 10.1 Å². The highest BCUT2D eigenvalue weighted by Crippen LogP contribution is 2.38. The van der Waals surface area contributed by atoms with Crippen molar-refractivity contribution in [3.8, 4) is 34.5 Å². The van der Waals surface area contributed by atoms with Crippen molar-refractivity contribution >= 4 is 22.6 Å². The number of nitrogens with one attached hydrogen (secondary N) is 1. The minimum absolute atomic E-state index is 0.0674. The van der Waals surface area contributed by atoms with Crippen molar-refractivity contribution in [3.63, 3.8) is 0 Å². The molecule has 0 saturated heterocycles. The number of aromatic nitrogens is 3. The van der Waals surface area contributed by atoms with Gasteiger partial charge in [0.05, 0.1) is 40.3 Å². The summed E-state index contributed by atoms with van der Waals surface area (Å²) in [6.45, 7) is 5.46. The van der Waals surface area contributed by atoms with Crippen LogP contribution in [0.25, 0.3) is 38.9 Å². The van der Waals surface area contributed by atoms with E-state index in [1.807, 2.05) is 58.2 Å². The van der Waals surface area contributed by atoms with E-state index < -0.39 is 17.5 Å². The lowest BCUT2D eigenvalue weighted by molar-refractivity contribution is 0.0502. The van der Waals surface area contributed by atoms with Gasteiger partial charge in [0.1, 0.15) is 17.5 Å². The second-order valence-electron chi connectivity index (χ2n) is 11.1. The van der Waals surface area contributed by atoms with Crippen molar-refractivity contribution in [2.24, 2.45) is 7.05 Å². The molecule has 4 aromatic rings. The number of allylic oxidation sites excluding steroid dienone is 1. The van der Waals surface area contributed by atoms with Crippen molar-refractivity contribution < 1.29 is 13.9 Å². The third-order valence-electron chi connectivity index (χ3n) is 7.00. The van der Waals surface area contributed by atoms with Crippen molar-refractivity contribution in [3.05, 3.63) is 77.4 Å². The lowest BCUT2D eigenvalue weighted by atomic mass is 9.89. The van der Waals surface area contributed by atoms with E-state index in [0.29, 0.717) is 47.3 Å². The number of fused-ring (bicyclic) bond motifs is 1. The summed E-state index contributed by atoms with van der Waals surface area (Å²) in [5, 5.41) is 27.6. The first-order valence-electron chi connectivity index (χ1n) is 13.3. The number of rotatable bonds is 4. The molecule has 1 aliphatic rings. The van der Waals surface area contributed by atoms with Crippen molar-refractivity contribution in [1.82, 2.24) is 20.1 Å². The second kappa shape index (κ2) is 10.9. The number of benzene rings is 2. The quantitative estimate of drug-likeness (QED) is 0.305. The summed E-state index contributed by atoms with van der Waals surface area (Å²) in [6.07, 6.45) is 5.19. The molecule has 1 atom stereocenters. The molecule has 2 aromatic carbocycles. The third-order valence-corrected chi connectivity index (χ3v) is 7.00. The number of nitriles is 2. The van der Waals surface area contributed by atoms with Crippen molar-refractivity contribution in [1.29, 1.82) is 10.5 Å². The van der Waals surface area contributed by atoms with Crippen LogP contribution in [-0.4, -0.2) is 32.5 Å². The molecule has 206 valence electrons. The predicted octanol–water partition coefficient (Wildman–Crippen LogP) is 6.65. The van der Waals surface area contributed by atoms with Gasteiger partial charge in [-0.1, -0.05) is 18.2 Å². The molecule has 0 bridgehead atoms. The van der Waals surface area contributed by atoms with Crippen LogP contribution in [0.5, 0.6) is 0 Å². The van der Waals surface area contributed by atoms with E-state index in [0.717, 1.165) is 22.0 Å². The number of hydrogen-bond acceptors (Lipinski definition) is 6. The van der Waals surface area contributed by atoms with Crippen LogP contribution in [0.3, 0.4) is 0 Å². The number of carbonyl (C=O) groups excluding carboxylic acids is 1. The Labute approximate surface area is 237 Å². The first-order chi connectivity index (χ1) is 19.6. The van der Waals surface area contributed by atoms with Gasteiger partial charge in [-0.2, -0.15) is 15.6 Å². The van der Waals surface area contributed by atoms with E-state index in [2.05, 4.69) is 16.5 Å². The van der Waals surface area contributed by atoms with Gasteiger partial charge in [-0.15, -0.1) is 0 Å². The van der Waals surface area contributed by atoms with Crippen LogP contribution >= 0.6 is 0 Å². The zero-order chi connectivity index (χ0) is 29.3. The molecule has 1 aliphatic carbocycles. The average Bonchev–Trinajstić information content (AvgIpc) is 3.31. The van der Waals surface area contributed by atoms with Gasteiger partial charge in [-0.25, -0.2) is 14.2 Å². The minimum atomic E-state index is -0.655. The van der Waals surface area contributed by atoms with Crippen LogP contribution < -0.4 is 5.32 Å². The fourth-order valence-corrected chi connectivity index (χ4v) is 5.04. The second-order valence-corrected chi connectivity index (χ2v) is 11.1. The van der Waals surface area contributed by atoms with Gasteiger partial charge in [0, 0.05) is 29.6 Å². The summed E-state index contributed by atoms with van der Waals surface area (Å²) in [5.74, 6) is -0.655. The molecule has 8 nitrogen and oxygen atoms in total. The molecule has 41 heavy (non-hydrogen) atoms. The van der Waals surface area contributed by atoms with E-state index in [-0.39, 0.29) is 11.6 Å². The lowest BCUT2D eigenvalue weighted by Crippen LogP contribution is -2.39. The summed E-state index contributed by atoms with van der Waals surface area (Å²) in [5.41, 5.74) is 4.47. The maximum atomic E-state index is 14.8. The summed E-state index contributed by atoms with van der Waals surface area (Å²) in [6, 6.07) is 16.0. The molecule has 9 heteroatoms. The smallest absolute Gasteiger partial charge is 0.407 e. The first kappa shape index (κ1) is 27.5. The SMILES string of the molecule is Cn1ncc2cc(-c3c(C#N)cc(C4=CCC(NC(=O)OC(C)(C)C)CC4)nc3-c3ccc(C#N)c(F)c3)ccc21. The number of amides is 1. The highest BCUT2D eigenvalue weighted by atomic mass is 19.1. The number of pyridine rings is 1. The zero-order valence-electron chi connectivity index (χ0n) is 23.3. The van der Waals surface area contributed by atoms with E-state index in [1.165, 1.54) is 12.1 Å². The molecular weight excluding hydrogens is 519 g/mol. The Morgan fingerprint density at radius 3 is 2.51 bits per heavy atom. The van der Waals surface area contributed by atoms with Gasteiger partial charge >= 0.3 is 6.09 Å². The summed E-state index contributed by atoms with van der Waals surface area (Å²) in [4.78, 5) is 17.2. The number of alkyl carbamates (subject to hydrolysis) is 1. The Balaban J connectivity index is 1.57. The number of nitrogens with zero attached hydrogens (tertiary/aromatic N) is 5. The van der Waals surface area contributed by atoms with Gasteiger partial charge in [-0.05, 0) is 81.5 Å². The molecule has 0 fully saturated rings. The Hall–Kier alpha value is -5.02. The minimum Gasteiger partial charge on any atom is -0.444 e. The number of carbonyl (C=O) groups is 1. The monoisotopic (exact) mass is 548 g/mol. The molecule has 1 amide bonds. The highest BCUT2D eigenvalue weighted by Gasteiger charge is 2.24. The lowest BCUT2D eigenvalue weighted by Gasteiger charge is -2.26. The van der Waals surface area contributed by atoms with Crippen LogP contribution in [0.2, 0.25) is 0 Å². The average molecular weight is 549 g/mol. The molecule has 2 heterocycles. The van der Waals surface area contributed by atoms with Crippen molar-refractivity contribution in [2.45, 2.75) is 51.7 Å². The largest absolute Gasteiger partial charge is 0.444 e. The number of hydrogen-bond donors (Lipinski definition) is 1. The predicted molar refractivity (Wildman–Crippen MR) is 154 cm³/mol. The standard InChI is InChI=1S/C32H29FN6O2/c1-32(2,3)41-31(40)37-25-10-7-19(8-11-25)27-15-23(17-35)29(20-9-12-28-24(13-20)18-36-39(28)4)30(38-27)21-5-6-22(16-34)26(33)14-21/h5-7,9,12-15,18,25H,8,10-11H2,1-4H3,(H,37,40). The molecule has 5 rings (SSSR count). The fraction of sp³-hybridized carbons (Fsp3) is 0.281. The summed E-state index contributed by atoms with van der Waals surface area (Å²) in [7, 11) is 1.86. The van der Waals surface area contributed by atoms with E-state index in [1.54, 1.807) is 23.0 Å². The first-order valence-corrected chi connectivity index (χ1v) is 13.3. The normalized spacial score (nSPS) is 15.1. The van der Waals surface area contributed by atoms with Gasteiger partial charge in [0.15, 0.2) is 0 Å². The summed E-state index contributed by atoms with van der Waals surface area (Å²) < 4.78 is 21.9. The molecular formula is C32H29FN6O2. The van der Waals surface area contributed by atoms with E-state index in [4.69, 9.17) is 9.72 Å². The molecule has 0 saturated carbocycles. The number of ether oxygens (including phenoxy) is 1. The van der Waals surface area contributed by atoms with E-state index >= 15 is 0 Å². The van der Waals surface area contributed by atoms with Gasteiger partial charge in [0.25, 0.3) is 0 Å². The third kappa shape index (κ3) is 5.80. The van der Waals surface area contributed by atoms with Crippen LogP contribution in [0.15, 0.2) is 54.7 Å². The van der Waals surface area contributed by atoms with Gasteiger partial charge in [-0.3, -0.25) is 4.68 Å². The molecule has 2 aromatic heterocycles. The van der Waals surface area contributed by atoms with Crippen LogP contribution in [-0.2, 0) is 11.8 Å². The molecule has 1 N–H and O–H groups in total. The van der Waals surface area contributed by atoms with Crippen LogP contribution in [0.4, 0.5) is 9.18 Å². The van der Waals surface area contributed by atoms with Crippen molar-refractivity contribution in [2.75, 3.05) is 0 Å². The number of halogens is 1.